The third-order valence-corrected chi connectivity index (χ3v) is 9.31. The fourth-order valence-corrected chi connectivity index (χ4v) is 6.99. The van der Waals surface area contributed by atoms with Gasteiger partial charge < -0.3 is 38.6 Å². The number of hydrogen-bond acceptors (Lipinski definition) is 10. The second kappa shape index (κ2) is 12.3. The van der Waals surface area contributed by atoms with E-state index in [4.69, 9.17) is 23.0 Å². The molecule has 2 aliphatic rings. The third-order valence-electron chi connectivity index (χ3n) is 7.48. The van der Waals surface area contributed by atoms with Gasteiger partial charge in [0, 0.05) is 19.2 Å². The number of amides is 1. The Balaban J connectivity index is 1.34. The molecular weight excluding hydrogens is 556 g/mol. The van der Waals surface area contributed by atoms with Gasteiger partial charge in [-0.2, -0.15) is 4.31 Å². The Kier molecular flexibility index (Phi) is 8.78. The van der Waals surface area contributed by atoms with E-state index in [2.05, 4.69) is 5.32 Å². The highest BCUT2D eigenvalue weighted by Gasteiger charge is 2.34. The van der Waals surface area contributed by atoms with Crippen molar-refractivity contribution in [2.45, 2.75) is 69.1 Å². The van der Waals surface area contributed by atoms with Crippen LogP contribution < -0.4 is 19.5 Å². The molecule has 1 saturated carbocycles. The van der Waals surface area contributed by atoms with Crippen molar-refractivity contribution >= 4 is 27.3 Å². The summed E-state index contributed by atoms with van der Waals surface area (Å²) in [6.07, 6.45) is 3.32. The lowest BCUT2D eigenvalue weighted by molar-refractivity contribution is 0.0701. The number of rotatable bonds is 11. The molecule has 3 aromatic rings. The Morgan fingerprint density at radius 2 is 1.85 bits per heavy atom. The van der Waals surface area contributed by atoms with Crippen molar-refractivity contribution in [2.24, 2.45) is 11.8 Å². The Hall–Kier alpha value is -3.26. The fraction of sp³-hybridized carbons (Fsp3) is 0.536. The molecule has 1 aliphatic carbocycles. The Labute approximate surface area is 238 Å². The summed E-state index contributed by atoms with van der Waals surface area (Å²) in [4.78, 5) is 13.0. The zero-order chi connectivity index (χ0) is 29.1. The van der Waals surface area contributed by atoms with Gasteiger partial charge in [0.2, 0.25) is 16.8 Å². The molecule has 1 aliphatic heterocycles. The van der Waals surface area contributed by atoms with E-state index in [1.54, 1.807) is 12.1 Å². The summed E-state index contributed by atoms with van der Waals surface area (Å²) < 4.78 is 55.2. The average Bonchev–Trinajstić information content (AvgIpc) is 3.67. The molecule has 13 heteroatoms. The molecule has 2 aromatic heterocycles. The van der Waals surface area contributed by atoms with E-state index in [0.717, 1.165) is 12.8 Å². The molecule has 0 bridgehead atoms. The molecule has 5 rings (SSSR count). The van der Waals surface area contributed by atoms with E-state index >= 15 is 0 Å². The molecule has 0 unspecified atom stereocenters. The summed E-state index contributed by atoms with van der Waals surface area (Å²) in [6, 6.07) is 5.19. The number of fused-ring (bicyclic) bond motifs is 2. The second-order valence-corrected chi connectivity index (χ2v) is 13.0. The summed E-state index contributed by atoms with van der Waals surface area (Å²) in [5, 5.41) is 24.6. The normalized spacial score (nSPS) is 20.4. The maximum absolute atomic E-state index is 13.7. The lowest BCUT2D eigenvalue weighted by Gasteiger charge is -2.33. The standard InChI is InChI=1S/C28H36N2O10S/c1-17(2)13-30(41(34,35)20-7-8-24-25(12-20)39-16-38-24)14-23(32)22(11-18-3-5-19(31)6-4-18)29-28(33)40-26-15-37-27-21(26)9-10-36-27/h7-10,12,15,17-19,22-23,31-32H,3-6,11,13-14,16H2,1-2H3,(H,29,33)/t18?,19?,22-,23+/m0/s1. The van der Waals surface area contributed by atoms with Gasteiger partial charge in [0.25, 0.3) is 0 Å². The van der Waals surface area contributed by atoms with Crippen LogP contribution in [0.15, 0.2) is 50.5 Å². The van der Waals surface area contributed by atoms with Crippen LogP contribution >= 0.6 is 0 Å². The van der Waals surface area contributed by atoms with Gasteiger partial charge in [-0.25, -0.2) is 13.2 Å². The molecule has 1 amide bonds. The van der Waals surface area contributed by atoms with Gasteiger partial charge in [-0.05, 0) is 62.1 Å². The Morgan fingerprint density at radius 3 is 2.61 bits per heavy atom. The summed E-state index contributed by atoms with van der Waals surface area (Å²) in [6.45, 7) is 3.67. The van der Waals surface area contributed by atoms with Crippen LogP contribution in [0.1, 0.15) is 46.0 Å². The largest absolute Gasteiger partial charge is 0.454 e. The highest BCUT2D eigenvalue weighted by atomic mass is 32.2. The SMILES string of the molecule is CC(C)CN(C[C@@H](O)[C@H](CC1CCC(O)CC1)NC(=O)Oc1coc2occc12)S(=O)(=O)c1ccc2c(c1)OCO2. The minimum atomic E-state index is -4.04. The van der Waals surface area contributed by atoms with Crippen molar-refractivity contribution < 1.29 is 46.5 Å². The van der Waals surface area contributed by atoms with Gasteiger partial charge >= 0.3 is 11.9 Å². The Morgan fingerprint density at radius 1 is 1.10 bits per heavy atom. The molecular formula is C28H36N2O10S. The highest BCUT2D eigenvalue weighted by Crippen LogP contribution is 2.35. The molecule has 3 N–H and O–H groups in total. The lowest BCUT2D eigenvalue weighted by Crippen LogP contribution is -2.51. The summed E-state index contributed by atoms with van der Waals surface area (Å²) in [5.74, 6) is 1.25. The minimum Gasteiger partial charge on any atom is -0.454 e. The van der Waals surface area contributed by atoms with Crippen LogP contribution in [0.3, 0.4) is 0 Å². The first-order valence-corrected chi connectivity index (χ1v) is 15.2. The summed E-state index contributed by atoms with van der Waals surface area (Å²) >= 11 is 0. The van der Waals surface area contributed by atoms with Crippen LogP contribution in [-0.4, -0.2) is 67.2 Å². The maximum Gasteiger partial charge on any atom is 0.413 e. The average molecular weight is 593 g/mol. The zero-order valence-corrected chi connectivity index (χ0v) is 23.8. The van der Waals surface area contributed by atoms with Crippen molar-refractivity contribution in [3.63, 3.8) is 0 Å². The number of nitrogens with zero attached hydrogens (tertiary/aromatic N) is 1. The fourth-order valence-electron chi connectivity index (χ4n) is 5.35. The van der Waals surface area contributed by atoms with Crippen molar-refractivity contribution in [3.8, 4) is 17.2 Å². The lowest BCUT2D eigenvalue weighted by atomic mass is 9.82. The van der Waals surface area contributed by atoms with E-state index in [0.29, 0.717) is 36.1 Å². The first-order chi connectivity index (χ1) is 19.6. The Bertz CT molecular complexity index is 1440. The number of ether oxygens (including phenoxy) is 3. The van der Waals surface area contributed by atoms with E-state index in [9.17, 15) is 23.4 Å². The first kappa shape index (κ1) is 29.2. The smallest absolute Gasteiger partial charge is 0.413 e. The molecule has 1 fully saturated rings. The summed E-state index contributed by atoms with van der Waals surface area (Å²) in [7, 11) is -4.04. The first-order valence-electron chi connectivity index (χ1n) is 13.8. The van der Waals surface area contributed by atoms with Gasteiger partial charge in [0.05, 0.1) is 29.4 Å². The van der Waals surface area contributed by atoms with E-state index < -0.39 is 28.3 Å². The monoisotopic (exact) mass is 592 g/mol. The topological polar surface area (TPSA) is 161 Å². The van der Waals surface area contributed by atoms with Crippen LogP contribution in [0, 0.1) is 11.8 Å². The second-order valence-electron chi connectivity index (χ2n) is 11.1. The van der Waals surface area contributed by atoms with Gasteiger partial charge in [-0.1, -0.05) is 13.8 Å². The number of aliphatic hydroxyl groups is 2. The number of carbonyl (C=O) groups excluding carboxylic acids is 1. The molecule has 224 valence electrons. The predicted octanol–water partition coefficient (Wildman–Crippen LogP) is 3.86. The van der Waals surface area contributed by atoms with Crippen molar-refractivity contribution in [1.82, 2.24) is 9.62 Å². The van der Waals surface area contributed by atoms with Crippen LogP contribution in [0.2, 0.25) is 0 Å². The van der Waals surface area contributed by atoms with Crippen molar-refractivity contribution in [2.75, 3.05) is 19.9 Å². The maximum atomic E-state index is 13.7. The molecule has 2 atom stereocenters. The molecule has 0 spiro atoms. The number of nitrogens with one attached hydrogen (secondary N) is 1. The zero-order valence-electron chi connectivity index (χ0n) is 23.0. The predicted molar refractivity (Wildman–Crippen MR) is 146 cm³/mol. The van der Waals surface area contributed by atoms with Crippen molar-refractivity contribution in [3.05, 3.63) is 36.8 Å². The molecule has 0 saturated heterocycles. The van der Waals surface area contributed by atoms with Gasteiger partial charge in [0.15, 0.2) is 17.2 Å². The minimum absolute atomic E-state index is 0.0137. The molecule has 1 aromatic carbocycles. The van der Waals surface area contributed by atoms with Crippen LogP contribution in [0.5, 0.6) is 17.2 Å². The van der Waals surface area contributed by atoms with Crippen molar-refractivity contribution in [1.29, 1.82) is 0 Å². The van der Waals surface area contributed by atoms with Gasteiger partial charge in [0.1, 0.15) is 11.6 Å². The molecule has 41 heavy (non-hydrogen) atoms. The summed E-state index contributed by atoms with van der Waals surface area (Å²) in [5.41, 5.74) is 0. The number of benzene rings is 1. The number of aliphatic hydroxyl groups excluding tert-OH is 2. The molecule has 3 heterocycles. The quantitative estimate of drug-likeness (QED) is 0.298. The van der Waals surface area contributed by atoms with Gasteiger partial charge in [-0.3, -0.25) is 0 Å². The number of furan rings is 2. The van der Waals surface area contributed by atoms with Crippen LogP contribution in [0.25, 0.3) is 11.2 Å². The molecule has 12 nitrogen and oxygen atoms in total. The molecule has 0 radical (unpaired) electrons. The number of sulfonamides is 1. The van der Waals surface area contributed by atoms with E-state index in [1.165, 1.54) is 29.0 Å². The number of hydrogen-bond donors (Lipinski definition) is 3. The highest BCUT2D eigenvalue weighted by molar-refractivity contribution is 7.89. The van der Waals surface area contributed by atoms with Gasteiger partial charge in [-0.15, -0.1) is 0 Å². The van der Waals surface area contributed by atoms with Crippen LogP contribution in [0.4, 0.5) is 4.79 Å². The van der Waals surface area contributed by atoms with E-state index in [1.807, 2.05) is 13.8 Å². The van der Waals surface area contributed by atoms with E-state index in [-0.39, 0.29) is 54.2 Å². The number of carbonyl (C=O) groups is 1. The third kappa shape index (κ3) is 6.80. The van der Waals surface area contributed by atoms with Crippen LogP contribution in [-0.2, 0) is 10.0 Å².